The topological polar surface area (TPSA) is 42.4 Å². The number of aryl methyl sites for hydroxylation is 1. The highest BCUT2D eigenvalue weighted by Gasteiger charge is 2.07. The minimum absolute atomic E-state index is 0.243. The van der Waals surface area contributed by atoms with Crippen molar-refractivity contribution in [3.63, 3.8) is 0 Å². The summed E-state index contributed by atoms with van der Waals surface area (Å²) in [5, 5.41) is 9.88. The largest absolute Gasteiger partial charge is 0.491 e. The van der Waals surface area contributed by atoms with Crippen molar-refractivity contribution in [1.82, 2.24) is 4.98 Å². The van der Waals surface area contributed by atoms with Crippen molar-refractivity contribution in [1.29, 1.82) is 0 Å². The first-order valence-corrected chi connectivity index (χ1v) is 5.53. The maximum absolute atomic E-state index is 9.88. The van der Waals surface area contributed by atoms with E-state index in [1.807, 2.05) is 31.2 Å². The smallest absolute Gasteiger partial charge is 0.119 e. The van der Waals surface area contributed by atoms with Crippen LogP contribution in [0, 0.1) is 6.92 Å². The summed E-state index contributed by atoms with van der Waals surface area (Å²) in [6.07, 6.45) is 2.69. The fourth-order valence-electron chi connectivity index (χ4n) is 1.49. The Balaban J connectivity index is 1.92. The van der Waals surface area contributed by atoms with Crippen LogP contribution in [0.5, 0.6) is 5.75 Å². The van der Waals surface area contributed by atoms with Gasteiger partial charge in [0.1, 0.15) is 18.5 Å². The summed E-state index contributed by atoms with van der Waals surface area (Å²) >= 11 is 0. The highest BCUT2D eigenvalue weighted by atomic mass is 16.5. The van der Waals surface area contributed by atoms with Gasteiger partial charge in [0.15, 0.2) is 0 Å². The van der Waals surface area contributed by atoms with Gasteiger partial charge in [0.05, 0.1) is 0 Å². The molecular formula is C14H15NO2. The number of benzene rings is 1. The van der Waals surface area contributed by atoms with E-state index in [2.05, 4.69) is 4.98 Å². The molecule has 88 valence electrons. The molecule has 1 aromatic carbocycles. The molecule has 1 heterocycles. The van der Waals surface area contributed by atoms with E-state index in [0.717, 1.165) is 11.3 Å². The highest BCUT2D eigenvalue weighted by Crippen LogP contribution is 2.16. The summed E-state index contributed by atoms with van der Waals surface area (Å²) in [4.78, 5) is 3.90. The van der Waals surface area contributed by atoms with Gasteiger partial charge in [-0.1, -0.05) is 17.7 Å². The molecule has 0 radical (unpaired) electrons. The number of rotatable bonds is 4. The fraction of sp³-hybridized carbons (Fsp3) is 0.214. The maximum atomic E-state index is 9.88. The number of aromatic nitrogens is 1. The standard InChI is InChI=1S/C14H15NO2/c1-11-2-4-13(5-3-11)17-10-14(16)12-6-8-15-9-7-12/h2-9,14,16H,10H2,1H3. The number of nitrogens with zero attached hydrogens (tertiary/aromatic N) is 1. The predicted molar refractivity (Wildman–Crippen MR) is 65.9 cm³/mol. The first-order chi connectivity index (χ1) is 8.25. The van der Waals surface area contributed by atoms with Crippen molar-refractivity contribution in [2.24, 2.45) is 0 Å². The average Bonchev–Trinajstić information content (AvgIpc) is 2.39. The molecule has 0 aliphatic carbocycles. The SMILES string of the molecule is Cc1ccc(OCC(O)c2ccncc2)cc1. The highest BCUT2D eigenvalue weighted by molar-refractivity contribution is 5.26. The molecule has 1 N–H and O–H groups in total. The number of ether oxygens (including phenoxy) is 1. The average molecular weight is 229 g/mol. The van der Waals surface area contributed by atoms with E-state index in [-0.39, 0.29) is 6.61 Å². The van der Waals surface area contributed by atoms with Crippen molar-refractivity contribution in [3.8, 4) is 5.75 Å². The van der Waals surface area contributed by atoms with E-state index in [1.165, 1.54) is 5.56 Å². The number of aliphatic hydroxyl groups is 1. The maximum Gasteiger partial charge on any atom is 0.119 e. The molecule has 0 saturated heterocycles. The van der Waals surface area contributed by atoms with E-state index < -0.39 is 6.10 Å². The van der Waals surface area contributed by atoms with Gasteiger partial charge in [-0.05, 0) is 36.8 Å². The molecule has 17 heavy (non-hydrogen) atoms. The number of hydrogen-bond acceptors (Lipinski definition) is 3. The third-order valence-electron chi connectivity index (χ3n) is 2.52. The second kappa shape index (κ2) is 5.46. The van der Waals surface area contributed by atoms with E-state index in [9.17, 15) is 5.11 Å². The summed E-state index contributed by atoms with van der Waals surface area (Å²) in [5.74, 6) is 0.767. The molecule has 3 nitrogen and oxygen atoms in total. The Morgan fingerprint density at radius 3 is 2.41 bits per heavy atom. The van der Waals surface area contributed by atoms with Crippen LogP contribution < -0.4 is 4.74 Å². The zero-order chi connectivity index (χ0) is 12.1. The molecule has 3 heteroatoms. The molecule has 0 amide bonds. The minimum atomic E-state index is -0.626. The Labute approximate surface area is 101 Å². The third kappa shape index (κ3) is 3.29. The van der Waals surface area contributed by atoms with Crippen LogP contribution in [0.3, 0.4) is 0 Å². The normalized spacial score (nSPS) is 12.1. The zero-order valence-corrected chi connectivity index (χ0v) is 9.71. The van der Waals surface area contributed by atoms with Crippen molar-refractivity contribution in [2.45, 2.75) is 13.0 Å². The van der Waals surface area contributed by atoms with Gasteiger partial charge in [-0.3, -0.25) is 4.98 Å². The van der Waals surface area contributed by atoms with Crippen LogP contribution in [0.4, 0.5) is 0 Å². The Bertz CT molecular complexity index is 453. The molecule has 0 aliphatic rings. The van der Waals surface area contributed by atoms with Crippen molar-refractivity contribution in [2.75, 3.05) is 6.61 Å². The number of pyridine rings is 1. The van der Waals surface area contributed by atoms with Gasteiger partial charge in [-0.15, -0.1) is 0 Å². The molecule has 0 saturated carbocycles. The van der Waals surface area contributed by atoms with Crippen LogP contribution in [-0.4, -0.2) is 16.7 Å². The van der Waals surface area contributed by atoms with E-state index in [0.29, 0.717) is 0 Å². The molecule has 1 unspecified atom stereocenters. The summed E-state index contributed by atoms with van der Waals surface area (Å²) in [6, 6.07) is 11.3. The number of hydrogen-bond donors (Lipinski definition) is 1. The molecule has 0 aliphatic heterocycles. The number of aliphatic hydroxyl groups excluding tert-OH is 1. The van der Waals surface area contributed by atoms with E-state index in [1.54, 1.807) is 24.5 Å². The van der Waals surface area contributed by atoms with Crippen molar-refractivity contribution >= 4 is 0 Å². The quantitative estimate of drug-likeness (QED) is 0.875. The van der Waals surface area contributed by atoms with Gasteiger partial charge in [-0.25, -0.2) is 0 Å². The molecular weight excluding hydrogens is 214 g/mol. The van der Waals surface area contributed by atoms with Gasteiger partial charge in [0.2, 0.25) is 0 Å². The lowest BCUT2D eigenvalue weighted by molar-refractivity contribution is 0.108. The molecule has 1 atom stereocenters. The van der Waals surface area contributed by atoms with Crippen molar-refractivity contribution in [3.05, 3.63) is 59.9 Å². The first kappa shape index (κ1) is 11.6. The minimum Gasteiger partial charge on any atom is -0.491 e. The van der Waals surface area contributed by atoms with Crippen LogP contribution in [-0.2, 0) is 0 Å². The molecule has 0 bridgehead atoms. The van der Waals surface area contributed by atoms with Gasteiger partial charge in [-0.2, -0.15) is 0 Å². The predicted octanol–water partition coefficient (Wildman–Crippen LogP) is 2.50. The Morgan fingerprint density at radius 1 is 1.12 bits per heavy atom. The van der Waals surface area contributed by atoms with Crippen LogP contribution in [0.2, 0.25) is 0 Å². The summed E-state index contributed by atoms with van der Waals surface area (Å²) in [6.45, 7) is 2.27. The molecule has 1 aromatic heterocycles. The summed E-state index contributed by atoms with van der Waals surface area (Å²) < 4.78 is 5.51. The van der Waals surface area contributed by atoms with Gasteiger partial charge in [0, 0.05) is 12.4 Å². The van der Waals surface area contributed by atoms with Gasteiger partial charge in [0.25, 0.3) is 0 Å². The summed E-state index contributed by atoms with van der Waals surface area (Å²) in [5.41, 5.74) is 2.00. The lowest BCUT2D eigenvalue weighted by Crippen LogP contribution is -2.09. The second-order valence-electron chi connectivity index (χ2n) is 3.92. The zero-order valence-electron chi connectivity index (χ0n) is 9.71. The monoisotopic (exact) mass is 229 g/mol. The van der Waals surface area contributed by atoms with Crippen LogP contribution in [0.1, 0.15) is 17.2 Å². The third-order valence-corrected chi connectivity index (χ3v) is 2.52. The lowest BCUT2D eigenvalue weighted by Gasteiger charge is -2.12. The molecule has 2 aromatic rings. The van der Waals surface area contributed by atoms with E-state index >= 15 is 0 Å². The Hall–Kier alpha value is -1.87. The van der Waals surface area contributed by atoms with Gasteiger partial charge < -0.3 is 9.84 Å². The molecule has 0 fully saturated rings. The Kier molecular flexibility index (Phi) is 3.73. The Morgan fingerprint density at radius 2 is 1.76 bits per heavy atom. The first-order valence-electron chi connectivity index (χ1n) is 5.53. The lowest BCUT2D eigenvalue weighted by atomic mass is 10.1. The molecule has 0 spiro atoms. The van der Waals surface area contributed by atoms with Crippen LogP contribution in [0.15, 0.2) is 48.8 Å². The van der Waals surface area contributed by atoms with Crippen LogP contribution in [0.25, 0.3) is 0 Å². The van der Waals surface area contributed by atoms with Crippen molar-refractivity contribution < 1.29 is 9.84 Å². The summed E-state index contributed by atoms with van der Waals surface area (Å²) in [7, 11) is 0. The molecule has 2 rings (SSSR count). The fourth-order valence-corrected chi connectivity index (χ4v) is 1.49. The second-order valence-corrected chi connectivity index (χ2v) is 3.92. The van der Waals surface area contributed by atoms with Gasteiger partial charge >= 0.3 is 0 Å². The van der Waals surface area contributed by atoms with E-state index in [4.69, 9.17) is 4.74 Å². The van der Waals surface area contributed by atoms with Crippen LogP contribution >= 0.6 is 0 Å².